The van der Waals surface area contributed by atoms with Crippen LogP contribution in [0.25, 0.3) is 0 Å². The lowest BCUT2D eigenvalue weighted by Crippen LogP contribution is -2.12. The number of aromatic hydroxyl groups is 1. The zero-order chi connectivity index (χ0) is 14.0. The summed E-state index contributed by atoms with van der Waals surface area (Å²) in [6, 6.07) is 10.6. The molecule has 0 aliphatic rings. The minimum atomic E-state index is -0.321. The van der Waals surface area contributed by atoms with Gasteiger partial charge in [0.2, 0.25) is 0 Å². The number of phenols is 1. The standard InChI is InChI=1S/C15H14BrNO2/c1-9-3-4-14(18)13(7-9)15(19)17-12-6-10(2)5-11(16)8-12/h3-8,18H,1-2H3,(H,17,19). The molecule has 0 saturated heterocycles. The number of benzene rings is 2. The molecule has 0 aromatic heterocycles. The topological polar surface area (TPSA) is 49.3 Å². The second kappa shape index (κ2) is 5.45. The molecule has 0 radical (unpaired) electrons. The monoisotopic (exact) mass is 319 g/mol. The van der Waals surface area contributed by atoms with Crippen LogP contribution in [0.15, 0.2) is 40.9 Å². The number of anilines is 1. The Bertz CT molecular complexity index is 618. The van der Waals surface area contributed by atoms with E-state index in [1.54, 1.807) is 12.1 Å². The fourth-order valence-corrected chi connectivity index (χ4v) is 2.45. The molecule has 2 aromatic carbocycles. The van der Waals surface area contributed by atoms with Gasteiger partial charge in [-0.15, -0.1) is 0 Å². The van der Waals surface area contributed by atoms with Gasteiger partial charge in [0.1, 0.15) is 5.75 Å². The molecule has 1 amide bonds. The number of carbonyl (C=O) groups excluding carboxylic acids is 1. The van der Waals surface area contributed by atoms with E-state index in [9.17, 15) is 9.90 Å². The fourth-order valence-electron chi connectivity index (χ4n) is 1.84. The van der Waals surface area contributed by atoms with Gasteiger partial charge >= 0.3 is 0 Å². The smallest absolute Gasteiger partial charge is 0.259 e. The van der Waals surface area contributed by atoms with Crippen LogP contribution in [0.3, 0.4) is 0 Å². The summed E-state index contributed by atoms with van der Waals surface area (Å²) in [6.07, 6.45) is 0. The van der Waals surface area contributed by atoms with Gasteiger partial charge in [-0.1, -0.05) is 27.6 Å². The van der Waals surface area contributed by atoms with Crippen molar-refractivity contribution in [3.8, 4) is 5.75 Å². The minimum Gasteiger partial charge on any atom is -0.507 e. The first kappa shape index (κ1) is 13.6. The predicted molar refractivity (Wildman–Crippen MR) is 79.7 cm³/mol. The second-order valence-electron chi connectivity index (χ2n) is 4.49. The Labute approximate surface area is 120 Å². The van der Waals surface area contributed by atoms with E-state index >= 15 is 0 Å². The molecule has 98 valence electrons. The summed E-state index contributed by atoms with van der Waals surface area (Å²) in [5, 5.41) is 12.5. The average molecular weight is 320 g/mol. The van der Waals surface area contributed by atoms with Crippen molar-refractivity contribution in [2.45, 2.75) is 13.8 Å². The van der Waals surface area contributed by atoms with Crippen LogP contribution in [-0.4, -0.2) is 11.0 Å². The van der Waals surface area contributed by atoms with Crippen molar-refractivity contribution in [1.82, 2.24) is 0 Å². The fraction of sp³-hybridized carbons (Fsp3) is 0.133. The number of halogens is 1. The van der Waals surface area contributed by atoms with Crippen LogP contribution in [0.1, 0.15) is 21.5 Å². The van der Waals surface area contributed by atoms with Crippen molar-refractivity contribution in [2.24, 2.45) is 0 Å². The minimum absolute atomic E-state index is 0.0187. The molecule has 0 spiro atoms. The van der Waals surface area contributed by atoms with Crippen LogP contribution in [0.5, 0.6) is 5.75 Å². The maximum atomic E-state index is 12.1. The largest absolute Gasteiger partial charge is 0.507 e. The van der Waals surface area contributed by atoms with E-state index in [0.29, 0.717) is 5.69 Å². The molecule has 4 heteroatoms. The first-order valence-electron chi connectivity index (χ1n) is 5.84. The Balaban J connectivity index is 2.28. The second-order valence-corrected chi connectivity index (χ2v) is 5.41. The Hall–Kier alpha value is -1.81. The van der Waals surface area contributed by atoms with Gasteiger partial charge in [0.25, 0.3) is 5.91 Å². The third-order valence-corrected chi connectivity index (χ3v) is 3.15. The molecule has 0 atom stereocenters. The number of carbonyl (C=O) groups is 1. The molecular weight excluding hydrogens is 306 g/mol. The molecule has 0 unspecified atom stereocenters. The van der Waals surface area contributed by atoms with E-state index in [4.69, 9.17) is 0 Å². The molecule has 2 N–H and O–H groups in total. The van der Waals surface area contributed by atoms with Crippen molar-refractivity contribution in [2.75, 3.05) is 5.32 Å². The summed E-state index contributed by atoms with van der Waals surface area (Å²) in [5.74, 6) is -0.339. The first-order valence-corrected chi connectivity index (χ1v) is 6.63. The number of amides is 1. The van der Waals surface area contributed by atoms with Crippen LogP contribution >= 0.6 is 15.9 Å². The molecule has 19 heavy (non-hydrogen) atoms. The molecule has 2 rings (SSSR count). The number of hydrogen-bond donors (Lipinski definition) is 2. The Kier molecular flexibility index (Phi) is 3.90. The summed E-state index contributed by atoms with van der Waals surface area (Å²) in [5.41, 5.74) is 2.93. The van der Waals surface area contributed by atoms with Crippen LogP contribution in [-0.2, 0) is 0 Å². The molecule has 0 saturated carbocycles. The van der Waals surface area contributed by atoms with E-state index in [-0.39, 0.29) is 17.2 Å². The SMILES string of the molecule is Cc1cc(Br)cc(NC(=O)c2cc(C)ccc2O)c1. The highest BCUT2D eigenvalue weighted by molar-refractivity contribution is 9.10. The van der Waals surface area contributed by atoms with Crippen molar-refractivity contribution < 1.29 is 9.90 Å². The van der Waals surface area contributed by atoms with Gasteiger partial charge in [-0.2, -0.15) is 0 Å². The number of phenolic OH excluding ortho intramolecular Hbond substituents is 1. The number of nitrogens with one attached hydrogen (secondary N) is 1. The average Bonchev–Trinajstić information content (AvgIpc) is 2.30. The summed E-state index contributed by atoms with van der Waals surface area (Å²) >= 11 is 3.38. The Morgan fingerprint density at radius 3 is 2.53 bits per heavy atom. The molecule has 0 aliphatic carbocycles. The summed E-state index contributed by atoms with van der Waals surface area (Å²) < 4.78 is 0.899. The molecule has 2 aromatic rings. The van der Waals surface area contributed by atoms with Gasteiger partial charge in [-0.25, -0.2) is 0 Å². The maximum absolute atomic E-state index is 12.1. The van der Waals surface area contributed by atoms with E-state index in [1.165, 1.54) is 6.07 Å². The van der Waals surface area contributed by atoms with Crippen molar-refractivity contribution in [3.63, 3.8) is 0 Å². The van der Waals surface area contributed by atoms with Crippen molar-refractivity contribution >= 4 is 27.5 Å². The summed E-state index contributed by atoms with van der Waals surface area (Å²) in [6.45, 7) is 3.82. The van der Waals surface area contributed by atoms with Gasteiger partial charge in [0.05, 0.1) is 5.56 Å². The summed E-state index contributed by atoms with van der Waals surface area (Å²) in [4.78, 5) is 12.1. The van der Waals surface area contributed by atoms with Gasteiger partial charge in [-0.3, -0.25) is 4.79 Å². The normalized spacial score (nSPS) is 10.3. The Morgan fingerprint density at radius 2 is 1.84 bits per heavy atom. The number of rotatable bonds is 2. The molecular formula is C15H14BrNO2. The quantitative estimate of drug-likeness (QED) is 0.878. The predicted octanol–water partition coefficient (Wildman–Crippen LogP) is 4.02. The van der Waals surface area contributed by atoms with E-state index in [2.05, 4.69) is 21.2 Å². The molecule has 0 aliphatic heterocycles. The van der Waals surface area contributed by atoms with E-state index in [0.717, 1.165) is 15.6 Å². The molecule has 0 bridgehead atoms. The van der Waals surface area contributed by atoms with Crippen molar-refractivity contribution in [3.05, 3.63) is 57.6 Å². The lowest BCUT2D eigenvalue weighted by Gasteiger charge is -2.09. The Morgan fingerprint density at radius 1 is 1.11 bits per heavy atom. The lowest BCUT2D eigenvalue weighted by molar-refractivity contribution is 0.102. The molecule has 3 nitrogen and oxygen atoms in total. The first-order chi connectivity index (χ1) is 8.95. The lowest BCUT2D eigenvalue weighted by atomic mass is 10.1. The molecule has 0 heterocycles. The number of hydrogen-bond acceptors (Lipinski definition) is 2. The maximum Gasteiger partial charge on any atom is 0.259 e. The van der Waals surface area contributed by atoms with Crippen LogP contribution in [0, 0.1) is 13.8 Å². The van der Waals surface area contributed by atoms with Gasteiger partial charge < -0.3 is 10.4 Å². The van der Waals surface area contributed by atoms with Gasteiger partial charge in [-0.05, 0) is 49.7 Å². The zero-order valence-electron chi connectivity index (χ0n) is 10.7. The highest BCUT2D eigenvalue weighted by Gasteiger charge is 2.11. The third-order valence-electron chi connectivity index (χ3n) is 2.70. The van der Waals surface area contributed by atoms with Crippen LogP contribution in [0.2, 0.25) is 0 Å². The van der Waals surface area contributed by atoms with Gasteiger partial charge in [0, 0.05) is 10.2 Å². The summed E-state index contributed by atoms with van der Waals surface area (Å²) in [7, 11) is 0. The van der Waals surface area contributed by atoms with E-state index in [1.807, 2.05) is 32.0 Å². The highest BCUT2D eigenvalue weighted by Crippen LogP contribution is 2.22. The third kappa shape index (κ3) is 3.35. The van der Waals surface area contributed by atoms with E-state index < -0.39 is 0 Å². The van der Waals surface area contributed by atoms with Crippen molar-refractivity contribution in [1.29, 1.82) is 0 Å². The number of aryl methyl sites for hydroxylation is 2. The highest BCUT2D eigenvalue weighted by atomic mass is 79.9. The van der Waals surface area contributed by atoms with Crippen LogP contribution < -0.4 is 5.32 Å². The van der Waals surface area contributed by atoms with Gasteiger partial charge in [0.15, 0.2) is 0 Å². The van der Waals surface area contributed by atoms with Crippen LogP contribution in [0.4, 0.5) is 5.69 Å². The molecule has 0 fully saturated rings. The zero-order valence-corrected chi connectivity index (χ0v) is 12.3.